The number of H-pyrrole nitrogens is 2. The number of carboxylic acid groups (broad SMARTS) is 1. The van der Waals surface area contributed by atoms with Crippen LogP contribution in [-0.2, 0) is 0 Å². The van der Waals surface area contributed by atoms with Gasteiger partial charge in [-0.3, -0.25) is 4.79 Å². The third kappa shape index (κ3) is 2.30. The number of furan rings is 1. The van der Waals surface area contributed by atoms with Crippen molar-refractivity contribution in [1.82, 2.24) is 25.6 Å². The molecule has 3 aromatic heterocycles. The van der Waals surface area contributed by atoms with Crippen LogP contribution in [0.4, 0.5) is 0 Å². The van der Waals surface area contributed by atoms with Crippen LogP contribution in [0.2, 0.25) is 0 Å². The fraction of sp³-hybridized carbons (Fsp3) is 0. The van der Waals surface area contributed by atoms with E-state index in [9.17, 15) is 14.7 Å². The number of hydrogen-bond donors (Lipinski definition) is 3. The lowest BCUT2D eigenvalue weighted by atomic mass is 9.98. The summed E-state index contributed by atoms with van der Waals surface area (Å²) in [5.41, 5.74) is 1.51. The number of carboxylic acids is 1. The van der Waals surface area contributed by atoms with Gasteiger partial charge in [-0.15, -0.1) is 10.2 Å². The average molecular weight is 373 g/mol. The van der Waals surface area contributed by atoms with Crippen molar-refractivity contribution in [1.29, 1.82) is 0 Å². The van der Waals surface area contributed by atoms with Gasteiger partial charge in [0, 0.05) is 16.5 Å². The standard InChI is InChI=1S/C19H11N5O4/c25-18-14(19(26)27)13(9-4-3-5-10(8-9)17-21-23-24-22-17)16-15(20-18)11-6-1-2-7-12(11)28-16/h1-8H,(H,20,25)(H,26,27)(H,21,22,23,24). The first-order chi connectivity index (χ1) is 13.6. The summed E-state index contributed by atoms with van der Waals surface area (Å²) in [7, 11) is 0. The Morgan fingerprint density at radius 3 is 2.68 bits per heavy atom. The van der Waals surface area contributed by atoms with Gasteiger partial charge >= 0.3 is 5.97 Å². The fourth-order valence-corrected chi connectivity index (χ4v) is 3.33. The molecule has 0 atom stereocenters. The molecule has 0 unspecified atom stereocenters. The molecule has 0 radical (unpaired) electrons. The van der Waals surface area contributed by atoms with Crippen LogP contribution in [-0.4, -0.2) is 36.7 Å². The summed E-state index contributed by atoms with van der Waals surface area (Å²) in [5.74, 6) is -0.993. The lowest BCUT2D eigenvalue weighted by Gasteiger charge is -2.08. The number of carbonyl (C=O) groups is 1. The smallest absolute Gasteiger partial charge is 0.342 e. The van der Waals surface area contributed by atoms with Crippen LogP contribution in [0.25, 0.3) is 44.6 Å². The Morgan fingerprint density at radius 1 is 1.07 bits per heavy atom. The molecule has 0 amide bonds. The summed E-state index contributed by atoms with van der Waals surface area (Å²) in [4.78, 5) is 27.1. The molecule has 136 valence electrons. The fourth-order valence-electron chi connectivity index (χ4n) is 3.33. The number of benzene rings is 2. The Morgan fingerprint density at radius 2 is 1.89 bits per heavy atom. The Balaban J connectivity index is 1.90. The highest BCUT2D eigenvalue weighted by Crippen LogP contribution is 2.36. The van der Waals surface area contributed by atoms with Crippen molar-refractivity contribution in [2.45, 2.75) is 0 Å². The topological polar surface area (TPSA) is 138 Å². The van der Waals surface area contributed by atoms with Crippen LogP contribution < -0.4 is 5.56 Å². The number of aromatic nitrogens is 5. The number of fused-ring (bicyclic) bond motifs is 3. The molecule has 9 nitrogen and oxygen atoms in total. The van der Waals surface area contributed by atoms with Crippen molar-refractivity contribution >= 4 is 28.0 Å². The minimum absolute atomic E-state index is 0.202. The van der Waals surface area contributed by atoms with E-state index in [0.717, 1.165) is 0 Å². The molecule has 2 aromatic carbocycles. The summed E-state index contributed by atoms with van der Waals surface area (Å²) in [5, 5.41) is 24.2. The Labute approximate surface area is 155 Å². The van der Waals surface area contributed by atoms with Gasteiger partial charge in [0.2, 0.25) is 5.82 Å². The number of rotatable bonds is 3. The van der Waals surface area contributed by atoms with E-state index >= 15 is 0 Å². The molecule has 0 spiro atoms. The summed E-state index contributed by atoms with van der Waals surface area (Å²) >= 11 is 0. The van der Waals surface area contributed by atoms with E-state index < -0.39 is 17.1 Å². The summed E-state index contributed by atoms with van der Waals surface area (Å²) < 4.78 is 5.93. The van der Waals surface area contributed by atoms with Crippen molar-refractivity contribution in [2.75, 3.05) is 0 Å². The van der Waals surface area contributed by atoms with E-state index in [1.807, 2.05) is 6.07 Å². The number of aromatic amines is 2. The quantitative estimate of drug-likeness (QED) is 0.442. The maximum absolute atomic E-state index is 12.6. The maximum Gasteiger partial charge on any atom is 0.342 e. The first-order valence-electron chi connectivity index (χ1n) is 8.28. The highest BCUT2D eigenvalue weighted by Gasteiger charge is 2.24. The third-order valence-corrected chi connectivity index (χ3v) is 4.51. The van der Waals surface area contributed by atoms with Crippen molar-refractivity contribution in [3.05, 3.63) is 64.4 Å². The van der Waals surface area contributed by atoms with E-state index in [0.29, 0.717) is 39.0 Å². The Kier molecular flexibility index (Phi) is 3.35. The highest BCUT2D eigenvalue weighted by molar-refractivity contribution is 6.11. The average Bonchev–Trinajstić information content (AvgIpc) is 3.35. The Bertz CT molecular complexity index is 1420. The monoisotopic (exact) mass is 373 g/mol. The Hall–Kier alpha value is -4.27. The maximum atomic E-state index is 12.6. The van der Waals surface area contributed by atoms with E-state index in [4.69, 9.17) is 4.42 Å². The van der Waals surface area contributed by atoms with Gasteiger partial charge in [-0.25, -0.2) is 4.79 Å². The largest absolute Gasteiger partial charge is 0.477 e. The van der Waals surface area contributed by atoms with Crippen LogP contribution in [0.1, 0.15) is 10.4 Å². The normalized spacial score (nSPS) is 11.3. The van der Waals surface area contributed by atoms with Gasteiger partial charge in [0.1, 0.15) is 11.1 Å². The van der Waals surface area contributed by atoms with Crippen molar-refractivity contribution in [3.63, 3.8) is 0 Å². The summed E-state index contributed by atoms with van der Waals surface area (Å²) in [6.45, 7) is 0. The minimum Gasteiger partial charge on any atom is -0.477 e. The summed E-state index contributed by atoms with van der Waals surface area (Å²) in [6.07, 6.45) is 0. The molecule has 3 N–H and O–H groups in total. The third-order valence-electron chi connectivity index (χ3n) is 4.51. The molecule has 28 heavy (non-hydrogen) atoms. The molecule has 9 heteroatoms. The molecule has 5 aromatic rings. The number of aromatic carboxylic acids is 1. The van der Waals surface area contributed by atoms with Crippen molar-refractivity contribution in [3.8, 4) is 22.5 Å². The number of nitrogens with one attached hydrogen (secondary N) is 2. The second kappa shape index (κ2) is 5.88. The number of pyridine rings is 1. The lowest BCUT2D eigenvalue weighted by Crippen LogP contribution is -2.19. The number of nitrogens with zero attached hydrogens (tertiary/aromatic N) is 3. The predicted molar refractivity (Wildman–Crippen MR) is 99.9 cm³/mol. The van der Waals surface area contributed by atoms with E-state index in [2.05, 4.69) is 25.6 Å². The second-order valence-corrected chi connectivity index (χ2v) is 6.13. The molecule has 0 aliphatic heterocycles. The highest BCUT2D eigenvalue weighted by atomic mass is 16.4. The van der Waals surface area contributed by atoms with Gasteiger partial charge in [0.15, 0.2) is 5.58 Å². The van der Waals surface area contributed by atoms with Gasteiger partial charge in [-0.2, -0.15) is 5.21 Å². The van der Waals surface area contributed by atoms with Gasteiger partial charge in [-0.1, -0.05) is 30.3 Å². The van der Waals surface area contributed by atoms with Gasteiger partial charge in [0.25, 0.3) is 5.56 Å². The zero-order valence-corrected chi connectivity index (χ0v) is 14.1. The molecule has 0 fully saturated rings. The zero-order chi connectivity index (χ0) is 19.3. The minimum atomic E-state index is -1.34. The molecule has 3 heterocycles. The molecule has 0 bridgehead atoms. The molecule has 0 saturated heterocycles. The lowest BCUT2D eigenvalue weighted by molar-refractivity contribution is 0.0696. The van der Waals surface area contributed by atoms with Gasteiger partial charge in [0.05, 0.1) is 5.52 Å². The molecule has 0 aliphatic rings. The van der Waals surface area contributed by atoms with E-state index in [1.54, 1.807) is 42.5 Å². The zero-order valence-electron chi connectivity index (χ0n) is 14.1. The molecule has 0 saturated carbocycles. The predicted octanol–water partition coefficient (Wildman–Crippen LogP) is 2.82. The number of para-hydroxylation sites is 1. The van der Waals surface area contributed by atoms with Crippen molar-refractivity contribution in [2.24, 2.45) is 0 Å². The number of tetrazole rings is 1. The van der Waals surface area contributed by atoms with Crippen molar-refractivity contribution < 1.29 is 14.3 Å². The second-order valence-electron chi connectivity index (χ2n) is 6.13. The molecule has 0 aliphatic carbocycles. The van der Waals surface area contributed by atoms with Crippen LogP contribution in [0.5, 0.6) is 0 Å². The molecular weight excluding hydrogens is 362 g/mol. The van der Waals surface area contributed by atoms with Crippen LogP contribution >= 0.6 is 0 Å². The van der Waals surface area contributed by atoms with Gasteiger partial charge in [-0.05, 0) is 29.0 Å². The van der Waals surface area contributed by atoms with Crippen LogP contribution in [0, 0.1) is 0 Å². The molecule has 5 rings (SSSR count). The SMILES string of the molecule is O=C(O)c1c(-c2cccc(-c3nn[nH]n3)c2)c2oc3ccccc3c2[nH]c1=O. The van der Waals surface area contributed by atoms with Crippen LogP contribution in [0.15, 0.2) is 57.7 Å². The van der Waals surface area contributed by atoms with Crippen LogP contribution in [0.3, 0.4) is 0 Å². The number of hydrogen-bond acceptors (Lipinski definition) is 6. The first-order valence-corrected chi connectivity index (χ1v) is 8.28. The first kappa shape index (κ1) is 15.9. The van der Waals surface area contributed by atoms with E-state index in [1.165, 1.54) is 0 Å². The summed E-state index contributed by atoms with van der Waals surface area (Å²) in [6, 6.07) is 14.1. The van der Waals surface area contributed by atoms with Gasteiger partial charge < -0.3 is 14.5 Å². The molecular formula is C19H11N5O4. The van der Waals surface area contributed by atoms with E-state index in [-0.39, 0.29) is 5.56 Å².